The van der Waals surface area contributed by atoms with Crippen LogP contribution >= 0.6 is 0 Å². The molecule has 15 heavy (non-hydrogen) atoms. The van der Waals surface area contributed by atoms with Gasteiger partial charge in [0.15, 0.2) is 0 Å². The van der Waals surface area contributed by atoms with Gasteiger partial charge in [-0.1, -0.05) is 17.3 Å². The van der Waals surface area contributed by atoms with Crippen LogP contribution in [0.5, 0.6) is 0 Å². The first-order valence-corrected chi connectivity index (χ1v) is 4.22. The van der Waals surface area contributed by atoms with Crippen LogP contribution in [-0.2, 0) is 0 Å². The van der Waals surface area contributed by atoms with E-state index in [0.717, 1.165) is 0 Å². The largest absolute Gasteiger partial charge is 0.363 e. The number of aromatic nitrogens is 1. The zero-order valence-electron chi connectivity index (χ0n) is 7.61. The maximum Gasteiger partial charge on any atom is 0.258 e. The third-order valence-electron chi connectivity index (χ3n) is 1.81. The molecule has 1 aromatic heterocycles. The fourth-order valence-electron chi connectivity index (χ4n) is 1.11. The van der Waals surface area contributed by atoms with Gasteiger partial charge in [-0.3, -0.25) is 4.79 Å². The van der Waals surface area contributed by atoms with Gasteiger partial charge >= 0.3 is 0 Å². The van der Waals surface area contributed by atoms with Crippen LogP contribution in [0, 0.1) is 5.82 Å². The molecule has 0 atom stereocenters. The Hall–Kier alpha value is -2.17. The standard InChI is InChI=1S/C10H7FN2O2/c11-9-4-2-1-3-8(9)10(14)13-7-5-12-15-6-7/h1-6H,(H,13,14). The second-order valence-corrected chi connectivity index (χ2v) is 2.85. The molecule has 0 aliphatic carbocycles. The summed E-state index contributed by atoms with van der Waals surface area (Å²) in [5, 5.41) is 5.85. The van der Waals surface area contributed by atoms with Crippen LogP contribution in [-0.4, -0.2) is 11.1 Å². The van der Waals surface area contributed by atoms with Gasteiger partial charge in [-0.15, -0.1) is 0 Å². The SMILES string of the molecule is O=C(Nc1cnoc1)c1ccccc1F. The van der Waals surface area contributed by atoms with Gasteiger partial charge in [-0.25, -0.2) is 4.39 Å². The molecule has 2 rings (SSSR count). The summed E-state index contributed by atoms with van der Waals surface area (Å²) in [6.07, 6.45) is 2.59. The van der Waals surface area contributed by atoms with Gasteiger partial charge in [0, 0.05) is 0 Å². The van der Waals surface area contributed by atoms with Crippen LogP contribution in [0.4, 0.5) is 10.1 Å². The van der Waals surface area contributed by atoms with Crippen molar-refractivity contribution in [1.82, 2.24) is 5.16 Å². The number of anilines is 1. The van der Waals surface area contributed by atoms with Gasteiger partial charge in [-0.2, -0.15) is 0 Å². The van der Waals surface area contributed by atoms with Crippen molar-refractivity contribution in [2.24, 2.45) is 0 Å². The maximum atomic E-state index is 13.2. The number of rotatable bonds is 2. The van der Waals surface area contributed by atoms with Crippen LogP contribution in [0.25, 0.3) is 0 Å². The molecule has 0 bridgehead atoms. The Kier molecular flexibility index (Phi) is 2.45. The predicted octanol–water partition coefficient (Wildman–Crippen LogP) is 2.07. The Bertz CT molecular complexity index is 468. The van der Waals surface area contributed by atoms with Crippen molar-refractivity contribution in [2.75, 3.05) is 5.32 Å². The smallest absolute Gasteiger partial charge is 0.258 e. The summed E-state index contributed by atoms with van der Waals surface area (Å²) in [6.45, 7) is 0. The van der Waals surface area contributed by atoms with E-state index in [1.54, 1.807) is 6.07 Å². The molecule has 76 valence electrons. The molecule has 2 aromatic rings. The maximum absolute atomic E-state index is 13.2. The van der Waals surface area contributed by atoms with Crippen molar-refractivity contribution >= 4 is 11.6 Å². The third kappa shape index (κ3) is 2.01. The summed E-state index contributed by atoms with van der Waals surface area (Å²) in [5.74, 6) is -1.09. The van der Waals surface area contributed by atoms with E-state index in [1.165, 1.54) is 30.7 Å². The fourth-order valence-corrected chi connectivity index (χ4v) is 1.11. The zero-order chi connectivity index (χ0) is 10.7. The molecule has 0 aliphatic heterocycles. The lowest BCUT2D eigenvalue weighted by Gasteiger charge is -2.02. The Morgan fingerprint density at radius 1 is 1.40 bits per heavy atom. The van der Waals surface area contributed by atoms with Crippen molar-refractivity contribution in [2.45, 2.75) is 0 Å². The Morgan fingerprint density at radius 3 is 2.87 bits per heavy atom. The molecule has 1 aromatic carbocycles. The second-order valence-electron chi connectivity index (χ2n) is 2.85. The van der Waals surface area contributed by atoms with Crippen LogP contribution < -0.4 is 5.32 Å². The molecule has 0 aliphatic rings. The molecule has 0 saturated heterocycles. The van der Waals surface area contributed by atoms with Crippen LogP contribution in [0.3, 0.4) is 0 Å². The monoisotopic (exact) mass is 206 g/mol. The predicted molar refractivity (Wildman–Crippen MR) is 50.9 cm³/mol. The number of nitrogens with one attached hydrogen (secondary N) is 1. The normalized spacial score (nSPS) is 9.93. The van der Waals surface area contributed by atoms with Crippen molar-refractivity contribution in [3.63, 3.8) is 0 Å². The molecule has 0 spiro atoms. The van der Waals surface area contributed by atoms with E-state index in [-0.39, 0.29) is 5.56 Å². The molecule has 5 heteroatoms. The summed E-state index contributed by atoms with van der Waals surface area (Å²) in [5.41, 5.74) is 0.377. The van der Waals surface area contributed by atoms with Crippen LogP contribution in [0.2, 0.25) is 0 Å². The lowest BCUT2D eigenvalue weighted by molar-refractivity contribution is 0.102. The summed E-state index contributed by atoms with van der Waals surface area (Å²) in [6, 6.07) is 5.73. The quantitative estimate of drug-likeness (QED) is 0.818. The third-order valence-corrected chi connectivity index (χ3v) is 1.81. The molecular weight excluding hydrogens is 199 g/mol. The van der Waals surface area contributed by atoms with E-state index in [0.29, 0.717) is 5.69 Å². The Balaban J connectivity index is 2.19. The first kappa shape index (κ1) is 9.39. The number of carbonyl (C=O) groups is 1. The molecule has 0 fully saturated rings. The average Bonchev–Trinajstić information content (AvgIpc) is 2.71. The first-order valence-electron chi connectivity index (χ1n) is 4.22. The minimum atomic E-state index is -0.563. The lowest BCUT2D eigenvalue weighted by atomic mass is 10.2. The van der Waals surface area contributed by atoms with E-state index >= 15 is 0 Å². The number of hydrogen-bond donors (Lipinski definition) is 1. The Labute approximate surface area is 84.7 Å². The zero-order valence-corrected chi connectivity index (χ0v) is 7.61. The number of carbonyl (C=O) groups excluding carboxylic acids is 1. The second kappa shape index (κ2) is 3.91. The highest BCUT2D eigenvalue weighted by molar-refractivity contribution is 6.04. The van der Waals surface area contributed by atoms with Gasteiger partial charge in [-0.05, 0) is 12.1 Å². The van der Waals surface area contributed by atoms with E-state index in [2.05, 4.69) is 15.0 Å². The number of hydrogen-bond acceptors (Lipinski definition) is 3. The molecule has 1 N–H and O–H groups in total. The van der Waals surface area contributed by atoms with E-state index < -0.39 is 11.7 Å². The highest BCUT2D eigenvalue weighted by Crippen LogP contribution is 2.10. The molecule has 4 nitrogen and oxygen atoms in total. The van der Waals surface area contributed by atoms with E-state index in [9.17, 15) is 9.18 Å². The van der Waals surface area contributed by atoms with Gasteiger partial charge in [0.25, 0.3) is 5.91 Å². The van der Waals surface area contributed by atoms with E-state index in [1.807, 2.05) is 0 Å². The summed E-state index contributed by atoms with van der Waals surface area (Å²) < 4.78 is 17.7. The van der Waals surface area contributed by atoms with Crippen molar-refractivity contribution in [1.29, 1.82) is 0 Å². The lowest BCUT2D eigenvalue weighted by Crippen LogP contribution is -2.12. The van der Waals surface area contributed by atoms with Crippen molar-refractivity contribution in [3.8, 4) is 0 Å². The number of nitrogens with zero attached hydrogens (tertiary/aromatic N) is 1. The molecule has 0 unspecified atom stereocenters. The molecule has 0 saturated carbocycles. The summed E-state index contributed by atoms with van der Waals surface area (Å²) in [7, 11) is 0. The van der Waals surface area contributed by atoms with Gasteiger partial charge in [0.1, 0.15) is 17.8 Å². The van der Waals surface area contributed by atoms with Crippen molar-refractivity contribution in [3.05, 3.63) is 48.1 Å². The summed E-state index contributed by atoms with van der Waals surface area (Å²) >= 11 is 0. The van der Waals surface area contributed by atoms with Gasteiger partial charge in [0.2, 0.25) is 0 Å². The van der Waals surface area contributed by atoms with Crippen molar-refractivity contribution < 1.29 is 13.7 Å². The minimum Gasteiger partial charge on any atom is -0.363 e. The molecule has 1 heterocycles. The number of amides is 1. The number of halogens is 1. The van der Waals surface area contributed by atoms with Gasteiger partial charge < -0.3 is 9.84 Å². The number of benzene rings is 1. The molecule has 1 amide bonds. The van der Waals surface area contributed by atoms with E-state index in [4.69, 9.17) is 0 Å². The average molecular weight is 206 g/mol. The highest BCUT2D eigenvalue weighted by atomic mass is 19.1. The van der Waals surface area contributed by atoms with Crippen LogP contribution in [0.15, 0.2) is 41.2 Å². The molecular formula is C10H7FN2O2. The summed E-state index contributed by atoms with van der Waals surface area (Å²) in [4.78, 5) is 11.5. The molecule has 0 radical (unpaired) electrons. The highest BCUT2D eigenvalue weighted by Gasteiger charge is 2.11. The Morgan fingerprint density at radius 2 is 2.20 bits per heavy atom. The van der Waals surface area contributed by atoms with Gasteiger partial charge in [0.05, 0.1) is 11.8 Å². The first-order chi connectivity index (χ1) is 7.27. The minimum absolute atomic E-state index is 0.0151. The van der Waals surface area contributed by atoms with Crippen LogP contribution in [0.1, 0.15) is 10.4 Å². The fraction of sp³-hybridized carbons (Fsp3) is 0. The topological polar surface area (TPSA) is 55.1 Å².